The number of anilines is 1. The Hall–Kier alpha value is -4.88. The highest BCUT2D eigenvalue weighted by Crippen LogP contribution is 2.44. The molecule has 2 amide bonds. The quantitative estimate of drug-likeness (QED) is 0.217. The number of amides is 2. The largest absolute Gasteiger partial charge is 0.449 e. The second kappa shape index (κ2) is 12.3. The molecule has 2 atom stereocenters. The highest BCUT2D eigenvalue weighted by Gasteiger charge is 2.35. The van der Waals surface area contributed by atoms with E-state index in [0.29, 0.717) is 13.0 Å². The number of para-hydroxylation sites is 2. The van der Waals surface area contributed by atoms with Crippen LogP contribution in [0, 0.1) is 5.92 Å². The summed E-state index contributed by atoms with van der Waals surface area (Å²) in [5.74, 6) is 0.0819. The molecule has 4 aromatic carbocycles. The molecule has 7 rings (SSSR count). The van der Waals surface area contributed by atoms with E-state index in [0.717, 1.165) is 51.8 Å². The van der Waals surface area contributed by atoms with Crippen molar-refractivity contribution >= 4 is 28.6 Å². The third-order valence-corrected chi connectivity index (χ3v) is 9.15. The van der Waals surface area contributed by atoms with Crippen LogP contribution >= 0.6 is 0 Å². The average Bonchev–Trinajstić information content (AvgIpc) is 3.61. The summed E-state index contributed by atoms with van der Waals surface area (Å²) >= 11 is 0. The summed E-state index contributed by atoms with van der Waals surface area (Å²) in [6.07, 6.45) is 2.59. The minimum atomic E-state index is -0.814. The van der Waals surface area contributed by atoms with Gasteiger partial charge in [0.25, 0.3) is 0 Å². The lowest BCUT2D eigenvalue weighted by Crippen LogP contribution is -2.53. The van der Waals surface area contributed by atoms with Crippen LogP contribution in [0.4, 0.5) is 10.5 Å². The fraction of sp³-hybridized carbons (Fsp3) is 0.263. The first kappa shape index (κ1) is 28.9. The van der Waals surface area contributed by atoms with E-state index in [9.17, 15) is 9.59 Å². The summed E-state index contributed by atoms with van der Waals surface area (Å²) in [7, 11) is 4.12. The number of rotatable bonds is 8. The van der Waals surface area contributed by atoms with Crippen molar-refractivity contribution < 1.29 is 14.3 Å². The second-order valence-electron chi connectivity index (χ2n) is 12.5. The predicted octanol–water partition coefficient (Wildman–Crippen LogP) is 6.38. The van der Waals surface area contributed by atoms with Crippen LogP contribution in [-0.2, 0) is 22.4 Å². The molecule has 2 N–H and O–H groups in total. The number of hydrogen-bond donors (Lipinski definition) is 2. The molecule has 1 aromatic heterocycles. The first-order valence-corrected chi connectivity index (χ1v) is 15.7. The predicted molar refractivity (Wildman–Crippen MR) is 179 cm³/mol. The van der Waals surface area contributed by atoms with Gasteiger partial charge in [0.15, 0.2) is 0 Å². The normalized spacial score (nSPS) is 16.2. The van der Waals surface area contributed by atoms with Crippen LogP contribution in [0.5, 0.6) is 0 Å². The van der Waals surface area contributed by atoms with Crippen molar-refractivity contribution in [3.8, 4) is 11.1 Å². The third-order valence-electron chi connectivity index (χ3n) is 9.15. The van der Waals surface area contributed by atoms with Crippen LogP contribution in [0.2, 0.25) is 0 Å². The average molecular weight is 599 g/mol. The number of alkyl carbamates (subject to hydrolysis) is 1. The molecule has 7 nitrogen and oxygen atoms in total. The summed E-state index contributed by atoms with van der Waals surface area (Å²) in [6, 6.07) is 31.9. The molecular formula is C38H38N4O3. The first-order chi connectivity index (χ1) is 22.0. The fourth-order valence-corrected chi connectivity index (χ4v) is 7.22. The molecule has 0 spiro atoms. The Morgan fingerprint density at radius 3 is 2.33 bits per heavy atom. The number of fused-ring (bicyclic) bond motifs is 5. The standard InChI is InChI=1S/C38H38N4O3/c1-41(2)22-25-19-26-11-3-10-18-36(26)42(23-25)37(43)35(20-27-21-39-34-17-9-8-12-28(27)34)40-38(44)45-24-33-31-15-6-4-13-29(31)30-14-5-7-16-32(30)33/h3-18,21,25,33,35,39H,19-20,22-24H2,1-2H3,(H,40,44)/t25?,35-/m1/s1. The Labute approximate surface area is 263 Å². The number of aromatic nitrogens is 1. The van der Waals surface area contributed by atoms with Crippen molar-refractivity contribution in [2.45, 2.75) is 24.8 Å². The van der Waals surface area contributed by atoms with E-state index in [1.165, 1.54) is 11.1 Å². The van der Waals surface area contributed by atoms with Crippen LogP contribution < -0.4 is 10.2 Å². The van der Waals surface area contributed by atoms with Crippen molar-refractivity contribution in [1.82, 2.24) is 15.2 Å². The van der Waals surface area contributed by atoms with E-state index in [2.05, 4.69) is 59.6 Å². The van der Waals surface area contributed by atoms with Gasteiger partial charge in [0.2, 0.25) is 5.91 Å². The van der Waals surface area contributed by atoms with Gasteiger partial charge in [-0.3, -0.25) is 4.79 Å². The molecule has 2 heterocycles. The summed E-state index contributed by atoms with van der Waals surface area (Å²) in [4.78, 5) is 35.4. The minimum absolute atomic E-state index is 0.0633. The number of carbonyl (C=O) groups excluding carboxylic acids is 2. The maximum absolute atomic E-state index is 14.5. The van der Waals surface area contributed by atoms with Crippen LogP contribution in [0.15, 0.2) is 103 Å². The molecule has 228 valence electrons. The molecule has 0 fully saturated rings. The number of aromatic amines is 1. The Morgan fingerprint density at radius 1 is 0.911 bits per heavy atom. The number of carbonyl (C=O) groups is 2. The number of benzene rings is 4. The van der Waals surface area contributed by atoms with E-state index in [1.54, 1.807) is 0 Å². The number of hydrogen-bond acceptors (Lipinski definition) is 4. The molecule has 1 aliphatic carbocycles. The summed E-state index contributed by atoms with van der Waals surface area (Å²) in [5.41, 5.74) is 8.67. The van der Waals surface area contributed by atoms with E-state index in [1.807, 2.05) is 77.8 Å². The van der Waals surface area contributed by atoms with Crippen LogP contribution in [0.25, 0.3) is 22.0 Å². The minimum Gasteiger partial charge on any atom is -0.449 e. The highest BCUT2D eigenvalue weighted by atomic mass is 16.5. The third kappa shape index (κ3) is 5.71. The number of ether oxygens (including phenoxy) is 1. The molecule has 0 radical (unpaired) electrons. The lowest BCUT2D eigenvalue weighted by molar-refractivity contribution is -0.120. The molecule has 0 bridgehead atoms. The van der Waals surface area contributed by atoms with E-state index in [4.69, 9.17) is 4.74 Å². The molecule has 2 aliphatic rings. The lowest BCUT2D eigenvalue weighted by atomic mass is 9.91. The van der Waals surface area contributed by atoms with Crippen LogP contribution in [-0.4, -0.2) is 61.7 Å². The molecule has 1 unspecified atom stereocenters. The van der Waals surface area contributed by atoms with Crippen molar-refractivity contribution in [2.75, 3.05) is 38.7 Å². The molecule has 7 heteroatoms. The Bertz CT molecular complexity index is 1820. The van der Waals surface area contributed by atoms with Gasteiger partial charge in [0, 0.05) is 48.2 Å². The van der Waals surface area contributed by atoms with E-state index < -0.39 is 12.1 Å². The Morgan fingerprint density at radius 2 is 1.58 bits per heavy atom. The molecule has 5 aromatic rings. The zero-order chi connectivity index (χ0) is 30.9. The van der Waals surface area contributed by atoms with E-state index >= 15 is 0 Å². The van der Waals surface area contributed by atoms with Gasteiger partial charge in [-0.15, -0.1) is 0 Å². The van der Waals surface area contributed by atoms with Crippen molar-refractivity contribution in [2.24, 2.45) is 5.92 Å². The van der Waals surface area contributed by atoms with E-state index in [-0.39, 0.29) is 24.3 Å². The topological polar surface area (TPSA) is 77.7 Å². The van der Waals surface area contributed by atoms with Gasteiger partial charge in [-0.1, -0.05) is 84.9 Å². The lowest BCUT2D eigenvalue weighted by Gasteiger charge is -2.37. The van der Waals surface area contributed by atoms with Crippen LogP contribution in [0.3, 0.4) is 0 Å². The monoisotopic (exact) mass is 598 g/mol. The summed E-state index contributed by atoms with van der Waals surface area (Å²) in [5, 5.41) is 4.03. The molecular weight excluding hydrogens is 560 g/mol. The maximum atomic E-state index is 14.5. The zero-order valence-corrected chi connectivity index (χ0v) is 25.7. The number of nitrogens with one attached hydrogen (secondary N) is 2. The molecule has 1 aliphatic heterocycles. The Kier molecular flexibility index (Phi) is 7.86. The first-order valence-electron chi connectivity index (χ1n) is 15.7. The molecule has 0 saturated carbocycles. The van der Waals surface area contributed by atoms with Crippen molar-refractivity contribution in [3.05, 3.63) is 126 Å². The van der Waals surface area contributed by atoms with Crippen molar-refractivity contribution in [1.29, 1.82) is 0 Å². The van der Waals surface area contributed by atoms with Gasteiger partial charge in [0.1, 0.15) is 12.6 Å². The number of nitrogens with zero attached hydrogens (tertiary/aromatic N) is 2. The second-order valence-corrected chi connectivity index (χ2v) is 12.5. The van der Waals surface area contributed by atoms with Gasteiger partial charge in [-0.25, -0.2) is 4.79 Å². The van der Waals surface area contributed by atoms with Gasteiger partial charge >= 0.3 is 6.09 Å². The number of H-pyrrole nitrogens is 1. The van der Waals surface area contributed by atoms with Gasteiger partial charge < -0.3 is 24.8 Å². The fourth-order valence-electron chi connectivity index (χ4n) is 7.22. The summed E-state index contributed by atoms with van der Waals surface area (Å²) < 4.78 is 5.92. The van der Waals surface area contributed by atoms with Gasteiger partial charge in [-0.2, -0.15) is 0 Å². The maximum Gasteiger partial charge on any atom is 0.407 e. The molecule has 45 heavy (non-hydrogen) atoms. The SMILES string of the molecule is CN(C)CC1Cc2ccccc2N(C(=O)[C@@H](Cc2c[nH]c3ccccc23)NC(=O)OCC2c3ccccc3-c3ccccc32)C1. The molecule has 0 saturated heterocycles. The zero-order valence-electron chi connectivity index (χ0n) is 25.7. The Balaban J connectivity index is 1.15. The smallest absolute Gasteiger partial charge is 0.407 e. The highest BCUT2D eigenvalue weighted by molar-refractivity contribution is 6.00. The van der Waals surface area contributed by atoms with Gasteiger partial charge in [0.05, 0.1) is 0 Å². The summed E-state index contributed by atoms with van der Waals surface area (Å²) in [6.45, 7) is 1.64. The van der Waals surface area contributed by atoms with Crippen LogP contribution in [0.1, 0.15) is 28.2 Å². The van der Waals surface area contributed by atoms with Crippen molar-refractivity contribution in [3.63, 3.8) is 0 Å². The van der Waals surface area contributed by atoms with Gasteiger partial charge in [-0.05, 0) is 71.9 Å².